The van der Waals surface area contributed by atoms with Gasteiger partial charge in [0.1, 0.15) is 11.4 Å². The second kappa shape index (κ2) is 10.9. The molecular formula is C29H34N8O. The molecule has 0 spiro atoms. The number of nitrogens with zero attached hydrogens (tertiary/aromatic N) is 6. The molecule has 3 fully saturated rings. The van der Waals surface area contributed by atoms with E-state index in [1.165, 1.54) is 5.69 Å². The second-order valence-corrected chi connectivity index (χ2v) is 10.3. The lowest BCUT2D eigenvalue weighted by Crippen LogP contribution is -2.54. The van der Waals surface area contributed by atoms with Gasteiger partial charge in [0.2, 0.25) is 0 Å². The Morgan fingerprint density at radius 2 is 1.82 bits per heavy atom. The van der Waals surface area contributed by atoms with Crippen LogP contribution in [-0.2, 0) is 0 Å². The Balaban J connectivity index is 1.15. The largest absolute Gasteiger partial charge is 0.507 e. The third kappa shape index (κ3) is 5.10. The molecule has 0 amide bonds. The van der Waals surface area contributed by atoms with Crippen molar-refractivity contribution in [2.45, 2.75) is 31.3 Å². The van der Waals surface area contributed by atoms with Crippen LogP contribution in [0.2, 0.25) is 0 Å². The predicted octanol–water partition coefficient (Wildman–Crippen LogP) is 2.33. The number of piperazine rings is 2. The summed E-state index contributed by atoms with van der Waals surface area (Å²) >= 11 is 0. The van der Waals surface area contributed by atoms with Crippen molar-refractivity contribution in [3.05, 3.63) is 54.4 Å². The van der Waals surface area contributed by atoms with Crippen LogP contribution >= 0.6 is 0 Å². The molecule has 2 atom stereocenters. The summed E-state index contributed by atoms with van der Waals surface area (Å²) in [6.07, 6.45) is 4.99. The summed E-state index contributed by atoms with van der Waals surface area (Å²) in [6, 6.07) is 14.1. The quantitative estimate of drug-likeness (QED) is 0.446. The van der Waals surface area contributed by atoms with Crippen molar-refractivity contribution in [3.8, 4) is 28.8 Å². The van der Waals surface area contributed by atoms with Crippen LogP contribution in [0.15, 0.2) is 48.7 Å². The molecule has 4 N–H and O–H groups in total. The van der Waals surface area contributed by atoms with Crippen LogP contribution in [0.5, 0.6) is 5.75 Å². The molecule has 6 rings (SSSR count). The highest BCUT2D eigenvalue weighted by molar-refractivity contribution is 5.74. The lowest BCUT2D eigenvalue weighted by Gasteiger charge is -2.43. The van der Waals surface area contributed by atoms with Gasteiger partial charge in [-0.15, -0.1) is 10.2 Å². The zero-order chi connectivity index (χ0) is 25.9. The number of nitrogens with one attached hydrogen (secondary N) is 1. The van der Waals surface area contributed by atoms with Gasteiger partial charge in [0, 0.05) is 81.8 Å². The van der Waals surface area contributed by atoms with Crippen LogP contribution in [0.25, 0.3) is 11.3 Å². The summed E-state index contributed by atoms with van der Waals surface area (Å²) in [7, 11) is 0. The molecule has 0 radical (unpaired) electrons. The number of hydrogen-bond acceptors (Lipinski definition) is 9. The first kappa shape index (κ1) is 24.5. The monoisotopic (exact) mass is 510 g/mol. The van der Waals surface area contributed by atoms with E-state index < -0.39 is 0 Å². The number of phenolic OH excluding ortho intramolecular Hbond substituents is 1. The highest BCUT2D eigenvalue weighted by Crippen LogP contribution is 2.38. The van der Waals surface area contributed by atoms with Crippen LogP contribution in [0, 0.1) is 11.8 Å². The smallest absolute Gasteiger partial charge is 0.169 e. The Morgan fingerprint density at radius 3 is 2.61 bits per heavy atom. The Labute approximate surface area is 223 Å². The minimum Gasteiger partial charge on any atom is -0.507 e. The molecule has 0 saturated carbocycles. The fourth-order valence-corrected chi connectivity index (χ4v) is 5.94. The van der Waals surface area contributed by atoms with E-state index in [-0.39, 0.29) is 5.75 Å². The van der Waals surface area contributed by atoms with Gasteiger partial charge in [-0.05, 0) is 49.1 Å². The number of benzene rings is 1. The Hall–Kier alpha value is -3.87. The molecule has 0 aliphatic carbocycles. The molecule has 3 aliphatic rings. The number of aromatic hydroxyl groups is 1. The molecular weight excluding hydrogens is 476 g/mol. The maximum atomic E-state index is 10.3. The molecule has 2 bridgehead atoms. The molecule has 38 heavy (non-hydrogen) atoms. The molecule has 9 nitrogen and oxygen atoms in total. The molecule has 2 unspecified atom stereocenters. The van der Waals surface area contributed by atoms with Crippen molar-refractivity contribution in [2.75, 3.05) is 61.3 Å². The number of aromatic nitrogens is 3. The second-order valence-electron chi connectivity index (χ2n) is 10.3. The summed E-state index contributed by atoms with van der Waals surface area (Å²) in [6.45, 7) is 7.03. The van der Waals surface area contributed by atoms with Gasteiger partial charge in [0.15, 0.2) is 5.82 Å². The van der Waals surface area contributed by atoms with Crippen molar-refractivity contribution in [1.29, 1.82) is 0 Å². The average Bonchev–Trinajstić information content (AvgIpc) is 3.22. The summed E-state index contributed by atoms with van der Waals surface area (Å²) in [4.78, 5) is 11.8. The number of phenols is 1. The topological polar surface area (TPSA) is 107 Å². The van der Waals surface area contributed by atoms with Crippen molar-refractivity contribution in [1.82, 2.24) is 25.4 Å². The van der Waals surface area contributed by atoms with Gasteiger partial charge >= 0.3 is 0 Å². The summed E-state index contributed by atoms with van der Waals surface area (Å²) in [5.74, 6) is 7.22. The Morgan fingerprint density at radius 1 is 1.03 bits per heavy atom. The van der Waals surface area contributed by atoms with Crippen molar-refractivity contribution >= 4 is 17.2 Å². The number of nitrogen functional groups attached to an aromatic ring is 1. The third-order valence-electron chi connectivity index (χ3n) is 7.82. The molecule has 2 aromatic heterocycles. The van der Waals surface area contributed by atoms with Gasteiger partial charge < -0.3 is 26.0 Å². The highest BCUT2D eigenvalue weighted by atomic mass is 16.3. The van der Waals surface area contributed by atoms with E-state index in [1.807, 2.05) is 24.4 Å². The third-order valence-corrected chi connectivity index (χ3v) is 7.82. The van der Waals surface area contributed by atoms with Crippen LogP contribution < -0.4 is 20.9 Å². The van der Waals surface area contributed by atoms with E-state index in [9.17, 15) is 5.11 Å². The number of anilines is 3. The minimum atomic E-state index is 0.183. The Kier molecular flexibility index (Phi) is 6.99. The molecule has 3 aliphatic heterocycles. The first-order valence-corrected chi connectivity index (χ1v) is 13.5. The van der Waals surface area contributed by atoms with E-state index in [1.54, 1.807) is 12.1 Å². The van der Waals surface area contributed by atoms with Crippen LogP contribution in [-0.4, -0.2) is 83.1 Å². The van der Waals surface area contributed by atoms with Gasteiger partial charge in [-0.3, -0.25) is 4.90 Å². The summed E-state index contributed by atoms with van der Waals surface area (Å²) < 4.78 is 0. The van der Waals surface area contributed by atoms with Crippen molar-refractivity contribution in [3.63, 3.8) is 0 Å². The van der Waals surface area contributed by atoms with E-state index in [0.29, 0.717) is 29.2 Å². The lowest BCUT2D eigenvalue weighted by atomic mass is 10.1. The fourth-order valence-electron chi connectivity index (χ4n) is 5.94. The van der Waals surface area contributed by atoms with Gasteiger partial charge in [0.05, 0.1) is 11.4 Å². The first-order chi connectivity index (χ1) is 18.7. The zero-order valence-corrected chi connectivity index (χ0v) is 21.6. The number of hydrogen-bond donors (Lipinski definition) is 3. The molecule has 1 aromatic carbocycles. The van der Waals surface area contributed by atoms with Crippen molar-refractivity contribution in [2.24, 2.45) is 0 Å². The van der Waals surface area contributed by atoms with E-state index >= 15 is 0 Å². The normalized spacial score (nSPS) is 21.3. The van der Waals surface area contributed by atoms with Crippen molar-refractivity contribution < 1.29 is 5.11 Å². The lowest BCUT2D eigenvalue weighted by molar-refractivity contribution is 0.246. The van der Waals surface area contributed by atoms with Gasteiger partial charge in [-0.25, -0.2) is 4.98 Å². The van der Waals surface area contributed by atoms with E-state index in [0.717, 1.165) is 76.5 Å². The van der Waals surface area contributed by atoms with Crippen LogP contribution in [0.4, 0.5) is 17.2 Å². The van der Waals surface area contributed by atoms with Gasteiger partial charge in [0.25, 0.3) is 0 Å². The number of para-hydroxylation sites is 1. The number of pyridine rings is 1. The van der Waals surface area contributed by atoms with Crippen LogP contribution in [0.1, 0.15) is 25.0 Å². The fraction of sp³-hybridized carbons (Fsp3) is 0.414. The molecule has 196 valence electrons. The molecule has 5 heterocycles. The molecule has 9 heteroatoms. The average molecular weight is 511 g/mol. The predicted molar refractivity (Wildman–Crippen MR) is 150 cm³/mol. The molecule has 3 saturated heterocycles. The van der Waals surface area contributed by atoms with Gasteiger partial charge in [-0.2, -0.15) is 0 Å². The standard InChI is InChI=1S/C29H34N8O/c30-29-27(18-26(33-34-29)25-6-1-2-7-28(25)38)36-19-23-8-9-24(20-36)37(23)22-10-11-32-21(17-22)5-3-4-14-35-15-12-31-13-16-35/h1-2,6-7,10-11,17-18,23-24,31,38H,4,8-9,12-16,19-20H2,(H2,30,34). The first-order valence-electron chi connectivity index (χ1n) is 13.5. The molecule has 3 aromatic rings. The number of nitrogens with two attached hydrogens (primary N) is 1. The van der Waals surface area contributed by atoms with Gasteiger partial charge in [-0.1, -0.05) is 18.1 Å². The summed E-state index contributed by atoms with van der Waals surface area (Å²) in [5, 5.41) is 22.2. The number of rotatable bonds is 5. The maximum Gasteiger partial charge on any atom is 0.169 e. The highest BCUT2D eigenvalue weighted by Gasteiger charge is 2.40. The zero-order valence-electron chi connectivity index (χ0n) is 21.6. The SMILES string of the molecule is Nc1nnc(-c2ccccc2O)cc1N1CC2CCC(C1)N2c1ccnc(C#CCCN2CCNCC2)c1. The minimum absolute atomic E-state index is 0.183. The van der Waals surface area contributed by atoms with E-state index in [2.05, 4.69) is 59.2 Å². The summed E-state index contributed by atoms with van der Waals surface area (Å²) in [5.41, 5.74) is 10.5. The maximum absolute atomic E-state index is 10.3. The number of fused-ring (bicyclic) bond motifs is 2. The van der Waals surface area contributed by atoms with Crippen LogP contribution in [0.3, 0.4) is 0 Å². The van der Waals surface area contributed by atoms with E-state index in [4.69, 9.17) is 5.73 Å². The Bertz CT molecular complexity index is 1330.